The van der Waals surface area contributed by atoms with E-state index in [1.54, 1.807) is 11.3 Å². The van der Waals surface area contributed by atoms with Crippen LogP contribution in [-0.4, -0.2) is 0 Å². The fourth-order valence-electron chi connectivity index (χ4n) is 0.945. The molecule has 0 fully saturated rings. The highest BCUT2D eigenvalue weighted by molar-refractivity contribution is 7.09. The number of thiophene rings is 1. The molecule has 60 valence electrons. The first-order valence-corrected chi connectivity index (χ1v) is 4.53. The Kier molecular flexibility index (Phi) is 3.32. The highest BCUT2D eigenvalue weighted by Gasteiger charge is 2.07. The van der Waals surface area contributed by atoms with Gasteiger partial charge in [-0.3, -0.25) is 0 Å². The van der Waals surface area contributed by atoms with Gasteiger partial charge in [-0.2, -0.15) is 10.5 Å². The summed E-state index contributed by atoms with van der Waals surface area (Å²) in [5, 5.41) is 19.0. The van der Waals surface area contributed by atoms with Crippen molar-refractivity contribution in [2.75, 3.05) is 0 Å². The zero-order valence-corrected chi connectivity index (χ0v) is 7.34. The molecule has 2 nitrogen and oxygen atoms in total. The third-order valence-electron chi connectivity index (χ3n) is 1.55. The van der Waals surface area contributed by atoms with E-state index < -0.39 is 0 Å². The van der Waals surface area contributed by atoms with Crippen molar-refractivity contribution in [2.45, 2.75) is 12.8 Å². The van der Waals surface area contributed by atoms with Crippen LogP contribution >= 0.6 is 11.3 Å². The molecule has 1 heterocycles. The molecule has 1 rings (SSSR count). The van der Waals surface area contributed by atoms with Gasteiger partial charge in [0.1, 0.15) is 0 Å². The number of hydrogen-bond acceptors (Lipinski definition) is 3. The van der Waals surface area contributed by atoms with Gasteiger partial charge in [-0.15, -0.1) is 11.3 Å². The van der Waals surface area contributed by atoms with Crippen LogP contribution < -0.4 is 0 Å². The lowest BCUT2D eigenvalue weighted by Gasteiger charge is -1.99. The van der Waals surface area contributed by atoms with E-state index in [1.165, 1.54) is 4.88 Å². The van der Waals surface area contributed by atoms with Crippen LogP contribution in [0.15, 0.2) is 17.5 Å². The first kappa shape index (κ1) is 8.77. The summed E-state index contributed by atoms with van der Waals surface area (Å²) in [5.41, 5.74) is 0. The number of nitriles is 2. The van der Waals surface area contributed by atoms with E-state index in [-0.39, 0.29) is 5.92 Å². The average molecular weight is 176 g/mol. The summed E-state index contributed by atoms with van der Waals surface area (Å²) in [6.45, 7) is 0. The van der Waals surface area contributed by atoms with Crippen molar-refractivity contribution in [3.8, 4) is 12.1 Å². The summed E-state index contributed by atoms with van der Waals surface area (Å²) in [4.78, 5) is 1.18. The van der Waals surface area contributed by atoms with E-state index in [2.05, 4.69) is 6.07 Å². The van der Waals surface area contributed by atoms with Crippen LogP contribution in [0.2, 0.25) is 0 Å². The van der Waals surface area contributed by atoms with Crippen molar-refractivity contribution < 1.29 is 0 Å². The SMILES string of the molecule is N#CCC(C#N)Cc1cccs1. The Morgan fingerprint density at radius 2 is 2.33 bits per heavy atom. The fraction of sp³-hybridized carbons (Fsp3) is 0.333. The highest BCUT2D eigenvalue weighted by Crippen LogP contribution is 2.15. The van der Waals surface area contributed by atoms with Crippen LogP contribution in [0, 0.1) is 28.6 Å². The van der Waals surface area contributed by atoms with Crippen LogP contribution in [0.25, 0.3) is 0 Å². The average Bonchev–Trinajstić information content (AvgIpc) is 2.56. The smallest absolute Gasteiger partial charge is 0.0670 e. The molecule has 0 spiro atoms. The molecule has 0 aliphatic carbocycles. The maximum Gasteiger partial charge on any atom is 0.0670 e. The standard InChI is InChI=1S/C9H8N2S/c10-4-3-8(7-11)6-9-2-1-5-12-9/h1-2,5,8H,3,6H2. The Morgan fingerprint density at radius 1 is 1.50 bits per heavy atom. The molecule has 0 bridgehead atoms. The molecule has 0 N–H and O–H groups in total. The molecule has 0 aliphatic rings. The van der Waals surface area contributed by atoms with Gasteiger partial charge in [-0.25, -0.2) is 0 Å². The van der Waals surface area contributed by atoms with Crippen molar-refractivity contribution in [1.82, 2.24) is 0 Å². The van der Waals surface area contributed by atoms with Crippen molar-refractivity contribution in [1.29, 1.82) is 10.5 Å². The van der Waals surface area contributed by atoms with Gasteiger partial charge >= 0.3 is 0 Å². The fourth-order valence-corrected chi connectivity index (χ4v) is 1.73. The second-order valence-electron chi connectivity index (χ2n) is 2.47. The van der Waals surface area contributed by atoms with Crippen molar-refractivity contribution >= 4 is 11.3 Å². The molecule has 0 saturated carbocycles. The Hall–Kier alpha value is -1.32. The monoisotopic (exact) mass is 176 g/mol. The Labute approximate surface area is 75.7 Å². The zero-order chi connectivity index (χ0) is 8.81. The summed E-state index contributed by atoms with van der Waals surface area (Å²) < 4.78 is 0. The second kappa shape index (κ2) is 4.54. The maximum absolute atomic E-state index is 8.66. The minimum absolute atomic E-state index is 0.145. The van der Waals surface area contributed by atoms with Gasteiger partial charge in [0.15, 0.2) is 0 Å². The first-order valence-electron chi connectivity index (χ1n) is 3.65. The van der Waals surface area contributed by atoms with Crippen LogP contribution in [0.4, 0.5) is 0 Å². The molecule has 0 aliphatic heterocycles. The predicted octanol–water partition coefficient (Wildman–Crippen LogP) is 2.34. The largest absolute Gasteiger partial charge is 0.198 e. The van der Waals surface area contributed by atoms with E-state index in [1.807, 2.05) is 23.6 Å². The lowest BCUT2D eigenvalue weighted by atomic mass is 10.0. The molecule has 0 aromatic carbocycles. The van der Waals surface area contributed by atoms with Crippen LogP contribution in [0.5, 0.6) is 0 Å². The van der Waals surface area contributed by atoms with E-state index in [4.69, 9.17) is 10.5 Å². The lowest BCUT2D eigenvalue weighted by Crippen LogP contribution is -1.98. The van der Waals surface area contributed by atoms with E-state index in [0.717, 1.165) is 0 Å². The van der Waals surface area contributed by atoms with Gasteiger partial charge < -0.3 is 0 Å². The summed E-state index contributed by atoms with van der Waals surface area (Å²) in [7, 11) is 0. The number of nitrogens with zero attached hydrogens (tertiary/aromatic N) is 2. The second-order valence-corrected chi connectivity index (χ2v) is 3.50. The molecule has 1 unspecified atom stereocenters. The van der Waals surface area contributed by atoms with Gasteiger partial charge in [-0.05, 0) is 17.9 Å². The van der Waals surface area contributed by atoms with Gasteiger partial charge in [0.25, 0.3) is 0 Å². The lowest BCUT2D eigenvalue weighted by molar-refractivity contribution is 0.687. The molecule has 1 aromatic heterocycles. The summed E-state index contributed by atoms with van der Waals surface area (Å²) in [6, 6.07) is 8.09. The van der Waals surface area contributed by atoms with Crippen LogP contribution in [-0.2, 0) is 6.42 Å². The molecule has 1 atom stereocenters. The van der Waals surface area contributed by atoms with Crippen molar-refractivity contribution in [2.24, 2.45) is 5.92 Å². The third kappa shape index (κ3) is 2.38. The van der Waals surface area contributed by atoms with Crippen molar-refractivity contribution in [3.63, 3.8) is 0 Å². The van der Waals surface area contributed by atoms with Gasteiger partial charge in [0.2, 0.25) is 0 Å². The summed E-state index contributed by atoms with van der Waals surface area (Å²) >= 11 is 1.63. The molecule has 0 saturated heterocycles. The highest BCUT2D eigenvalue weighted by atomic mass is 32.1. The van der Waals surface area contributed by atoms with Gasteiger partial charge in [0.05, 0.1) is 24.5 Å². The Morgan fingerprint density at radius 3 is 2.83 bits per heavy atom. The van der Waals surface area contributed by atoms with Crippen molar-refractivity contribution in [3.05, 3.63) is 22.4 Å². The summed E-state index contributed by atoms with van der Waals surface area (Å²) in [6.07, 6.45) is 1.04. The quantitative estimate of drug-likeness (QED) is 0.709. The minimum atomic E-state index is -0.145. The third-order valence-corrected chi connectivity index (χ3v) is 2.45. The first-order chi connectivity index (χ1) is 5.86. The summed E-state index contributed by atoms with van der Waals surface area (Å²) in [5.74, 6) is -0.145. The minimum Gasteiger partial charge on any atom is -0.198 e. The molecular formula is C9H8N2S. The molecule has 12 heavy (non-hydrogen) atoms. The van der Waals surface area contributed by atoms with E-state index in [9.17, 15) is 0 Å². The topological polar surface area (TPSA) is 47.6 Å². The Bertz CT molecular complexity index is 302. The van der Waals surface area contributed by atoms with Gasteiger partial charge in [0, 0.05) is 4.88 Å². The van der Waals surface area contributed by atoms with E-state index in [0.29, 0.717) is 12.8 Å². The molecule has 3 heteroatoms. The molecule has 0 radical (unpaired) electrons. The Balaban J connectivity index is 2.51. The van der Waals surface area contributed by atoms with E-state index >= 15 is 0 Å². The molecule has 0 amide bonds. The van der Waals surface area contributed by atoms with Crippen LogP contribution in [0.3, 0.4) is 0 Å². The van der Waals surface area contributed by atoms with Crippen LogP contribution in [0.1, 0.15) is 11.3 Å². The predicted molar refractivity (Wildman–Crippen MR) is 47.4 cm³/mol. The molecule has 1 aromatic rings. The molecular weight excluding hydrogens is 168 g/mol. The maximum atomic E-state index is 8.66. The number of hydrogen-bond donors (Lipinski definition) is 0. The van der Waals surface area contributed by atoms with Gasteiger partial charge in [-0.1, -0.05) is 6.07 Å². The normalized spacial score (nSPS) is 11.5. The zero-order valence-electron chi connectivity index (χ0n) is 6.53. The number of rotatable bonds is 3.